The summed E-state index contributed by atoms with van der Waals surface area (Å²) in [5.74, 6) is 0.0158. The van der Waals surface area contributed by atoms with Crippen molar-refractivity contribution in [1.29, 1.82) is 0 Å². The summed E-state index contributed by atoms with van der Waals surface area (Å²) in [5.41, 5.74) is 1.97. The van der Waals surface area contributed by atoms with Gasteiger partial charge in [-0.05, 0) is 10.8 Å². The number of hydrogen-bond donors (Lipinski definition) is 0. The molecule has 4 aromatic rings. The highest BCUT2D eigenvalue weighted by Gasteiger charge is 2.15. The van der Waals surface area contributed by atoms with Crippen molar-refractivity contribution < 1.29 is 14.2 Å². The molecule has 0 saturated heterocycles. The van der Waals surface area contributed by atoms with E-state index in [9.17, 15) is 9.59 Å². The SMILES string of the molecule is O=C(C[n+]1ccc(C(=O)c2cccc3ccccc23)cc1)c1ccccc1. The van der Waals surface area contributed by atoms with E-state index in [1.807, 2.05) is 60.7 Å². The van der Waals surface area contributed by atoms with E-state index >= 15 is 0 Å². The molecule has 0 bridgehead atoms. The van der Waals surface area contributed by atoms with E-state index in [-0.39, 0.29) is 18.1 Å². The van der Waals surface area contributed by atoms with Crippen LogP contribution in [0.4, 0.5) is 0 Å². The molecule has 0 fully saturated rings. The molecule has 0 unspecified atom stereocenters. The maximum absolute atomic E-state index is 12.9. The Morgan fingerprint density at radius 1 is 0.667 bits per heavy atom. The Kier molecular flexibility index (Phi) is 4.58. The predicted octanol–water partition coefficient (Wildman–Crippen LogP) is 4.24. The van der Waals surface area contributed by atoms with Gasteiger partial charge in [0, 0.05) is 28.8 Å². The topological polar surface area (TPSA) is 38.0 Å². The molecule has 0 atom stereocenters. The molecular weight excluding hydrogens is 334 g/mol. The first kappa shape index (κ1) is 16.9. The van der Waals surface area contributed by atoms with E-state index in [1.165, 1.54) is 0 Å². The first-order chi connectivity index (χ1) is 13.2. The molecular formula is C24H18NO2+. The van der Waals surface area contributed by atoms with Gasteiger partial charge < -0.3 is 0 Å². The van der Waals surface area contributed by atoms with Crippen LogP contribution in [-0.4, -0.2) is 11.6 Å². The van der Waals surface area contributed by atoms with Crippen LogP contribution in [0.15, 0.2) is 97.3 Å². The minimum atomic E-state index is -0.0201. The Morgan fingerprint density at radius 2 is 1.33 bits per heavy atom. The average molecular weight is 352 g/mol. The molecule has 1 heterocycles. The van der Waals surface area contributed by atoms with Gasteiger partial charge in [0.2, 0.25) is 12.3 Å². The van der Waals surface area contributed by atoms with Crippen molar-refractivity contribution >= 4 is 22.3 Å². The third-order valence-electron chi connectivity index (χ3n) is 4.61. The van der Waals surface area contributed by atoms with Crippen molar-refractivity contribution in [1.82, 2.24) is 0 Å². The maximum Gasteiger partial charge on any atom is 0.227 e. The van der Waals surface area contributed by atoms with Crippen molar-refractivity contribution in [2.24, 2.45) is 0 Å². The van der Waals surface area contributed by atoms with E-state index in [1.54, 1.807) is 41.2 Å². The normalized spacial score (nSPS) is 10.7. The van der Waals surface area contributed by atoms with Crippen molar-refractivity contribution in [3.63, 3.8) is 0 Å². The minimum absolute atomic E-state index is 0.0201. The van der Waals surface area contributed by atoms with E-state index in [2.05, 4.69) is 0 Å². The maximum atomic E-state index is 12.9. The highest BCUT2D eigenvalue weighted by atomic mass is 16.1. The largest absolute Gasteiger partial charge is 0.289 e. The van der Waals surface area contributed by atoms with Gasteiger partial charge in [-0.15, -0.1) is 0 Å². The Hall–Kier alpha value is -3.59. The number of aromatic nitrogens is 1. The molecule has 3 heteroatoms. The number of benzene rings is 3. The summed E-state index contributed by atoms with van der Waals surface area (Å²) in [4.78, 5) is 25.3. The molecule has 1 aromatic heterocycles. The van der Waals surface area contributed by atoms with Crippen LogP contribution >= 0.6 is 0 Å². The smallest absolute Gasteiger partial charge is 0.227 e. The first-order valence-corrected chi connectivity index (χ1v) is 8.82. The quantitative estimate of drug-likeness (QED) is 0.398. The molecule has 0 saturated carbocycles. The molecule has 0 radical (unpaired) electrons. The van der Waals surface area contributed by atoms with Crippen LogP contribution < -0.4 is 4.57 Å². The van der Waals surface area contributed by atoms with Crippen LogP contribution in [0.2, 0.25) is 0 Å². The number of hydrogen-bond acceptors (Lipinski definition) is 2. The lowest BCUT2D eigenvalue weighted by molar-refractivity contribution is -0.683. The first-order valence-electron chi connectivity index (χ1n) is 8.82. The number of carbonyl (C=O) groups is 2. The second-order valence-corrected chi connectivity index (χ2v) is 6.40. The molecule has 0 aliphatic carbocycles. The Labute approximate surface area is 157 Å². The molecule has 0 N–H and O–H groups in total. The number of nitrogens with zero attached hydrogens (tertiary/aromatic N) is 1. The van der Waals surface area contributed by atoms with Crippen molar-refractivity contribution in [2.75, 3.05) is 0 Å². The van der Waals surface area contributed by atoms with Gasteiger partial charge in [-0.2, -0.15) is 4.57 Å². The van der Waals surface area contributed by atoms with E-state index < -0.39 is 0 Å². The van der Waals surface area contributed by atoms with E-state index in [0.29, 0.717) is 16.7 Å². The summed E-state index contributed by atoms with van der Waals surface area (Å²) in [6.07, 6.45) is 3.55. The summed E-state index contributed by atoms with van der Waals surface area (Å²) in [6, 6.07) is 26.4. The fourth-order valence-corrected chi connectivity index (χ4v) is 3.17. The molecule has 0 aliphatic rings. The molecule has 0 aliphatic heterocycles. The second kappa shape index (κ2) is 7.34. The zero-order valence-corrected chi connectivity index (χ0v) is 14.7. The van der Waals surface area contributed by atoms with Gasteiger partial charge >= 0.3 is 0 Å². The highest BCUT2D eigenvalue weighted by molar-refractivity contribution is 6.16. The lowest BCUT2D eigenvalue weighted by Gasteiger charge is -2.05. The fraction of sp³-hybridized carbons (Fsp3) is 0.0417. The fourth-order valence-electron chi connectivity index (χ4n) is 3.17. The third-order valence-corrected chi connectivity index (χ3v) is 4.61. The molecule has 0 amide bonds. The number of Topliss-reactive ketones (excluding diaryl/α,β-unsaturated/α-hetero) is 1. The Balaban J connectivity index is 1.57. The van der Waals surface area contributed by atoms with E-state index in [4.69, 9.17) is 0 Å². The number of ketones is 2. The third kappa shape index (κ3) is 3.53. The van der Waals surface area contributed by atoms with Gasteiger partial charge in [-0.3, -0.25) is 9.59 Å². The Bertz CT molecular complexity index is 1110. The summed E-state index contributed by atoms with van der Waals surface area (Å²) in [7, 11) is 0. The summed E-state index contributed by atoms with van der Waals surface area (Å²) in [6.45, 7) is 0.243. The molecule has 27 heavy (non-hydrogen) atoms. The highest BCUT2D eigenvalue weighted by Crippen LogP contribution is 2.21. The van der Waals surface area contributed by atoms with Gasteiger partial charge in [0.25, 0.3) is 0 Å². The number of carbonyl (C=O) groups excluding carboxylic acids is 2. The average Bonchev–Trinajstić information content (AvgIpc) is 2.74. The monoisotopic (exact) mass is 352 g/mol. The van der Waals surface area contributed by atoms with Crippen molar-refractivity contribution in [2.45, 2.75) is 6.54 Å². The number of pyridine rings is 1. The zero-order valence-electron chi connectivity index (χ0n) is 14.7. The Morgan fingerprint density at radius 3 is 2.11 bits per heavy atom. The van der Waals surface area contributed by atoms with Crippen molar-refractivity contribution in [3.8, 4) is 0 Å². The second-order valence-electron chi connectivity index (χ2n) is 6.40. The van der Waals surface area contributed by atoms with E-state index in [0.717, 1.165) is 10.8 Å². The molecule has 3 aromatic carbocycles. The lowest BCUT2D eigenvalue weighted by Crippen LogP contribution is -2.37. The van der Waals surface area contributed by atoms with Gasteiger partial charge in [0.05, 0.1) is 0 Å². The van der Waals surface area contributed by atoms with Crippen LogP contribution in [0.25, 0.3) is 10.8 Å². The summed E-state index contributed by atoms with van der Waals surface area (Å²) >= 11 is 0. The summed E-state index contributed by atoms with van der Waals surface area (Å²) < 4.78 is 1.79. The number of fused-ring (bicyclic) bond motifs is 1. The molecule has 130 valence electrons. The van der Waals surface area contributed by atoms with Gasteiger partial charge in [0.1, 0.15) is 0 Å². The van der Waals surface area contributed by atoms with Gasteiger partial charge in [-0.25, -0.2) is 0 Å². The zero-order chi connectivity index (χ0) is 18.6. The van der Waals surface area contributed by atoms with Crippen LogP contribution in [0.3, 0.4) is 0 Å². The van der Waals surface area contributed by atoms with Crippen molar-refractivity contribution in [3.05, 3.63) is 114 Å². The van der Waals surface area contributed by atoms with Crippen LogP contribution in [0.5, 0.6) is 0 Å². The summed E-state index contributed by atoms with van der Waals surface area (Å²) in [5, 5.41) is 1.99. The minimum Gasteiger partial charge on any atom is -0.289 e. The van der Waals surface area contributed by atoms with Crippen LogP contribution in [-0.2, 0) is 6.54 Å². The lowest BCUT2D eigenvalue weighted by atomic mass is 9.98. The number of rotatable bonds is 5. The predicted molar refractivity (Wildman–Crippen MR) is 105 cm³/mol. The molecule has 0 spiro atoms. The molecule has 3 nitrogen and oxygen atoms in total. The van der Waals surface area contributed by atoms with Gasteiger partial charge in [0.15, 0.2) is 18.2 Å². The van der Waals surface area contributed by atoms with Crippen LogP contribution in [0.1, 0.15) is 26.3 Å². The van der Waals surface area contributed by atoms with Gasteiger partial charge in [-0.1, -0.05) is 72.8 Å². The van der Waals surface area contributed by atoms with Crippen LogP contribution in [0, 0.1) is 0 Å². The molecule has 4 rings (SSSR count). The standard InChI is InChI=1S/C24H18NO2/c26-23(19-8-2-1-3-9-19)17-25-15-13-20(14-16-25)24(27)22-12-6-10-18-7-4-5-11-21(18)22/h1-16H,17H2/q+1.